The zero-order chi connectivity index (χ0) is 13.7. The summed E-state index contributed by atoms with van der Waals surface area (Å²) in [6.45, 7) is 2.31. The minimum Gasteiger partial charge on any atom is -0.360 e. The Labute approximate surface area is 118 Å². The number of nitrogens with zero attached hydrogens (tertiary/aromatic N) is 1. The maximum absolute atomic E-state index is 12.4. The van der Waals surface area contributed by atoms with Gasteiger partial charge in [-0.25, -0.2) is 0 Å². The minimum atomic E-state index is -0.00206. The number of H-pyrrole nitrogens is 1. The van der Waals surface area contributed by atoms with Crippen LogP contribution >= 0.6 is 0 Å². The van der Waals surface area contributed by atoms with Gasteiger partial charge in [0.2, 0.25) is 0 Å². The summed E-state index contributed by atoms with van der Waals surface area (Å²) < 4.78 is 0. The fraction of sp³-hybridized carbons (Fsp3) is 0.500. The second-order valence-corrected chi connectivity index (χ2v) is 6.72. The molecule has 2 fully saturated rings. The molecule has 2 aromatic heterocycles. The number of pyridine rings is 1. The number of rotatable bonds is 2. The van der Waals surface area contributed by atoms with Gasteiger partial charge in [0.25, 0.3) is 5.91 Å². The average Bonchev–Trinajstić information content (AvgIpc) is 2.82. The van der Waals surface area contributed by atoms with E-state index in [0.29, 0.717) is 17.0 Å². The zero-order valence-corrected chi connectivity index (χ0v) is 11.6. The molecule has 2 aromatic rings. The predicted molar refractivity (Wildman–Crippen MR) is 77.4 cm³/mol. The maximum atomic E-state index is 12.4. The molecule has 1 amide bonds. The van der Waals surface area contributed by atoms with Crippen LogP contribution in [0.4, 0.5) is 0 Å². The first-order valence-corrected chi connectivity index (χ1v) is 7.37. The van der Waals surface area contributed by atoms with Gasteiger partial charge in [-0.05, 0) is 43.1 Å². The van der Waals surface area contributed by atoms with Gasteiger partial charge < -0.3 is 10.3 Å². The van der Waals surface area contributed by atoms with Crippen LogP contribution in [0.1, 0.15) is 43.0 Å². The number of hydrogen-bond donors (Lipinski definition) is 2. The first-order valence-electron chi connectivity index (χ1n) is 7.37. The molecule has 0 atom stereocenters. The second-order valence-electron chi connectivity index (χ2n) is 6.72. The van der Waals surface area contributed by atoms with Crippen LogP contribution < -0.4 is 5.32 Å². The van der Waals surface area contributed by atoms with E-state index in [4.69, 9.17) is 0 Å². The molecule has 4 nitrogen and oxygen atoms in total. The van der Waals surface area contributed by atoms with Gasteiger partial charge in [0.1, 0.15) is 0 Å². The second kappa shape index (κ2) is 4.08. The summed E-state index contributed by atoms with van der Waals surface area (Å²) in [6.07, 6.45) is 10.2. The number of amides is 1. The van der Waals surface area contributed by atoms with E-state index in [2.05, 4.69) is 22.2 Å². The molecule has 1 spiro atoms. The van der Waals surface area contributed by atoms with Crippen LogP contribution in [0.3, 0.4) is 0 Å². The number of aromatic nitrogens is 2. The Morgan fingerprint density at radius 1 is 1.35 bits per heavy atom. The standard InChI is InChI=1S/C16H19N3O/c1-10-4-16(5-10)6-12(7-16)19-15(20)13-9-17-8-11-2-3-18-14(11)13/h2-3,8-10,12,18H,4-7H2,1H3,(H,19,20). The fourth-order valence-corrected chi connectivity index (χ4v) is 4.25. The number of nitrogens with one attached hydrogen (secondary N) is 2. The third-order valence-corrected chi connectivity index (χ3v) is 4.97. The summed E-state index contributed by atoms with van der Waals surface area (Å²) in [5.74, 6) is 0.876. The lowest BCUT2D eigenvalue weighted by Crippen LogP contribution is -2.55. The van der Waals surface area contributed by atoms with Crippen molar-refractivity contribution in [3.05, 3.63) is 30.2 Å². The number of hydrogen-bond acceptors (Lipinski definition) is 2. The van der Waals surface area contributed by atoms with Crippen LogP contribution in [0.2, 0.25) is 0 Å². The molecule has 0 unspecified atom stereocenters. The molecule has 2 heterocycles. The molecular formula is C16H19N3O. The van der Waals surface area contributed by atoms with Gasteiger partial charge in [0, 0.05) is 30.0 Å². The van der Waals surface area contributed by atoms with E-state index in [1.165, 1.54) is 12.8 Å². The highest BCUT2D eigenvalue weighted by molar-refractivity contribution is 6.05. The molecule has 20 heavy (non-hydrogen) atoms. The average molecular weight is 269 g/mol. The topological polar surface area (TPSA) is 57.8 Å². The van der Waals surface area contributed by atoms with Crippen molar-refractivity contribution in [2.45, 2.75) is 38.6 Å². The van der Waals surface area contributed by atoms with Gasteiger partial charge >= 0.3 is 0 Å². The molecular weight excluding hydrogens is 250 g/mol. The molecule has 2 N–H and O–H groups in total. The van der Waals surface area contributed by atoms with Gasteiger partial charge in [-0.2, -0.15) is 0 Å². The van der Waals surface area contributed by atoms with Crippen LogP contribution in [0.25, 0.3) is 10.9 Å². The third kappa shape index (κ3) is 1.74. The van der Waals surface area contributed by atoms with Gasteiger partial charge in [0.05, 0.1) is 11.1 Å². The third-order valence-electron chi connectivity index (χ3n) is 4.97. The number of fused-ring (bicyclic) bond motifs is 1. The minimum absolute atomic E-state index is 0.00206. The van der Waals surface area contributed by atoms with Gasteiger partial charge in [0.15, 0.2) is 0 Å². The Kier molecular flexibility index (Phi) is 2.43. The lowest BCUT2D eigenvalue weighted by atomic mass is 9.50. The summed E-state index contributed by atoms with van der Waals surface area (Å²) in [5.41, 5.74) is 2.09. The van der Waals surface area contributed by atoms with Crippen LogP contribution in [0.5, 0.6) is 0 Å². The lowest BCUT2D eigenvalue weighted by molar-refractivity contribution is -0.0399. The van der Waals surface area contributed by atoms with Crippen molar-refractivity contribution in [3.63, 3.8) is 0 Å². The van der Waals surface area contributed by atoms with Crippen molar-refractivity contribution in [1.29, 1.82) is 0 Å². The van der Waals surface area contributed by atoms with E-state index >= 15 is 0 Å². The summed E-state index contributed by atoms with van der Waals surface area (Å²) in [6, 6.07) is 2.29. The molecule has 2 aliphatic rings. The van der Waals surface area contributed by atoms with Crippen molar-refractivity contribution >= 4 is 16.8 Å². The van der Waals surface area contributed by atoms with Crippen LogP contribution in [-0.2, 0) is 0 Å². The van der Waals surface area contributed by atoms with Crippen molar-refractivity contribution < 1.29 is 4.79 Å². The highest BCUT2D eigenvalue weighted by atomic mass is 16.1. The van der Waals surface area contributed by atoms with E-state index in [0.717, 1.165) is 29.7 Å². The molecule has 2 aliphatic carbocycles. The smallest absolute Gasteiger partial charge is 0.255 e. The lowest BCUT2D eigenvalue weighted by Gasteiger charge is -2.57. The van der Waals surface area contributed by atoms with Crippen molar-refractivity contribution in [2.24, 2.45) is 11.3 Å². The number of aromatic amines is 1. The van der Waals surface area contributed by atoms with E-state index < -0.39 is 0 Å². The highest BCUT2D eigenvalue weighted by Gasteiger charge is 2.51. The van der Waals surface area contributed by atoms with E-state index in [1.807, 2.05) is 12.3 Å². The molecule has 0 aliphatic heterocycles. The molecule has 2 saturated carbocycles. The van der Waals surface area contributed by atoms with Crippen LogP contribution in [0.15, 0.2) is 24.7 Å². The Morgan fingerprint density at radius 2 is 2.15 bits per heavy atom. The van der Waals surface area contributed by atoms with Crippen molar-refractivity contribution in [2.75, 3.05) is 0 Å². The Hall–Kier alpha value is -1.84. The SMILES string of the molecule is CC1CC2(C1)CC(NC(=O)c1cncc3cc[nH]c13)C2. The summed E-state index contributed by atoms with van der Waals surface area (Å²) >= 11 is 0. The first kappa shape index (κ1) is 11.9. The molecule has 4 heteroatoms. The molecule has 0 aromatic carbocycles. The van der Waals surface area contributed by atoms with Gasteiger partial charge in [-0.1, -0.05) is 6.92 Å². The Balaban J connectivity index is 1.45. The van der Waals surface area contributed by atoms with Crippen molar-refractivity contribution in [1.82, 2.24) is 15.3 Å². The first-order chi connectivity index (χ1) is 9.65. The maximum Gasteiger partial charge on any atom is 0.255 e. The van der Waals surface area contributed by atoms with E-state index in [9.17, 15) is 4.79 Å². The number of carbonyl (C=O) groups is 1. The molecule has 0 bridgehead atoms. The summed E-state index contributed by atoms with van der Waals surface area (Å²) in [7, 11) is 0. The number of carbonyl (C=O) groups excluding carboxylic acids is 1. The molecule has 0 radical (unpaired) electrons. The fourth-order valence-electron chi connectivity index (χ4n) is 4.25. The Morgan fingerprint density at radius 3 is 2.90 bits per heavy atom. The quantitative estimate of drug-likeness (QED) is 0.880. The molecule has 4 rings (SSSR count). The molecule has 0 saturated heterocycles. The molecule has 104 valence electrons. The summed E-state index contributed by atoms with van der Waals surface area (Å²) in [5, 5.41) is 4.14. The van der Waals surface area contributed by atoms with Gasteiger partial charge in [-0.15, -0.1) is 0 Å². The van der Waals surface area contributed by atoms with Crippen molar-refractivity contribution in [3.8, 4) is 0 Å². The zero-order valence-electron chi connectivity index (χ0n) is 11.6. The predicted octanol–water partition coefficient (Wildman–Crippen LogP) is 2.87. The monoisotopic (exact) mass is 269 g/mol. The van der Waals surface area contributed by atoms with E-state index in [1.54, 1.807) is 12.4 Å². The Bertz CT molecular complexity index is 661. The van der Waals surface area contributed by atoms with Crippen LogP contribution in [0, 0.1) is 11.3 Å². The largest absolute Gasteiger partial charge is 0.360 e. The van der Waals surface area contributed by atoms with Crippen LogP contribution in [-0.4, -0.2) is 21.9 Å². The van der Waals surface area contributed by atoms with Gasteiger partial charge in [-0.3, -0.25) is 9.78 Å². The highest BCUT2D eigenvalue weighted by Crippen LogP contribution is 2.58. The van der Waals surface area contributed by atoms with E-state index in [-0.39, 0.29) is 5.91 Å². The normalized spacial score (nSPS) is 31.9. The summed E-state index contributed by atoms with van der Waals surface area (Å²) in [4.78, 5) is 19.6.